The lowest BCUT2D eigenvalue weighted by molar-refractivity contribution is -0.147. The molecule has 1 aliphatic rings. The average molecular weight is 333 g/mol. The van der Waals surface area contributed by atoms with Gasteiger partial charge in [-0.25, -0.2) is 4.79 Å². The molecule has 0 heterocycles. The molecule has 0 aliphatic heterocycles. The minimum absolute atomic E-state index is 0.0511. The number of hydrogen-bond acceptors (Lipinski definition) is 4. The highest BCUT2D eigenvalue weighted by atomic mass is 16.6. The van der Waals surface area contributed by atoms with Crippen LogP contribution in [-0.2, 0) is 9.53 Å². The monoisotopic (exact) mass is 333 g/mol. The minimum Gasteiger partial charge on any atom is -0.482 e. The molecule has 1 aromatic rings. The first kappa shape index (κ1) is 18.3. The van der Waals surface area contributed by atoms with Gasteiger partial charge in [-0.1, -0.05) is 33.1 Å². The molecule has 0 spiro atoms. The third-order valence-electron chi connectivity index (χ3n) is 3.99. The number of nitrogens with one attached hydrogen (secondary N) is 1. The molecule has 0 aromatic heterocycles. The highest BCUT2D eigenvalue weighted by molar-refractivity contribution is 5.94. The van der Waals surface area contributed by atoms with Crippen molar-refractivity contribution >= 4 is 11.9 Å². The molecule has 0 unspecified atom stereocenters. The highest BCUT2D eigenvalue weighted by Crippen LogP contribution is 2.18. The van der Waals surface area contributed by atoms with E-state index in [1.807, 2.05) is 13.8 Å². The van der Waals surface area contributed by atoms with E-state index in [9.17, 15) is 9.59 Å². The number of benzene rings is 1. The minimum atomic E-state index is -0.386. The maximum atomic E-state index is 12.2. The lowest BCUT2D eigenvalue weighted by Crippen LogP contribution is -2.36. The molecule has 1 N–H and O–H groups in total. The van der Waals surface area contributed by atoms with Crippen LogP contribution in [0.1, 0.15) is 56.3 Å². The summed E-state index contributed by atoms with van der Waals surface area (Å²) in [5.41, 5.74) is 0.607. The number of carbonyl (C=O) groups is 2. The number of amides is 1. The third kappa shape index (κ3) is 6.22. The van der Waals surface area contributed by atoms with Gasteiger partial charge in [-0.05, 0) is 43.0 Å². The van der Waals surface area contributed by atoms with Crippen molar-refractivity contribution in [3.05, 3.63) is 29.8 Å². The Hall–Kier alpha value is -2.04. The van der Waals surface area contributed by atoms with Gasteiger partial charge in [0.1, 0.15) is 5.75 Å². The maximum Gasteiger partial charge on any atom is 0.344 e. The molecule has 2 rings (SSSR count). The average Bonchev–Trinajstić information content (AvgIpc) is 2.59. The summed E-state index contributed by atoms with van der Waals surface area (Å²) in [7, 11) is 0. The van der Waals surface area contributed by atoms with Crippen LogP contribution in [0.4, 0.5) is 0 Å². The fourth-order valence-electron chi connectivity index (χ4n) is 2.66. The van der Waals surface area contributed by atoms with E-state index in [-0.39, 0.29) is 24.5 Å². The van der Waals surface area contributed by atoms with Gasteiger partial charge in [0.25, 0.3) is 5.91 Å². The van der Waals surface area contributed by atoms with E-state index in [0.29, 0.717) is 23.8 Å². The second kappa shape index (κ2) is 9.30. The molecule has 132 valence electrons. The third-order valence-corrected chi connectivity index (χ3v) is 3.99. The van der Waals surface area contributed by atoms with Crippen LogP contribution in [-0.4, -0.2) is 31.1 Å². The zero-order valence-corrected chi connectivity index (χ0v) is 14.5. The molecule has 0 bridgehead atoms. The summed E-state index contributed by atoms with van der Waals surface area (Å²) >= 11 is 0. The Morgan fingerprint density at radius 1 is 1.12 bits per heavy atom. The van der Waals surface area contributed by atoms with E-state index < -0.39 is 0 Å². The van der Waals surface area contributed by atoms with E-state index in [1.165, 1.54) is 19.3 Å². The Kier molecular flexibility index (Phi) is 7.09. The summed E-state index contributed by atoms with van der Waals surface area (Å²) in [5, 5.41) is 3.08. The van der Waals surface area contributed by atoms with Gasteiger partial charge in [0.15, 0.2) is 6.61 Å². The van der Waals surface area contributed by atoms with Crippen LogP contribution in [0.5, 0.6) is 5.75 Å². The van der Waals surface area contributed by atoms with Gasteiger partial charge in [-0.15, -0.1) is 0 Å². The van der Waals surface area contributed by atoms with Crippen molar-refractivity contribution in [2.75, 3.05) is 13.2 Å². The van der Waals surface area contributed by atoms with Gasteiger partial charge in [0, 0.05) is 11.6 Å². The van der Waals surface area contributed by atoms with Crippen molar-refractivity contribution in [3.8, 4) is 5.75 Å². The molecule has 1 amide bonds. The molecule has 1 saturated carbocycles. The van der Waals surface area contributed by atoms with Gasteiger partial charge in [0.2, 0.25) is 0 Å². The molecule has 5 heteroatoms. The smallest absolute Gasteiger partial charge is 0.344 e. The SMILES string of the molecule is CC(C)COC(=O)COc1ccc(C(=O)NC2CCCCC2)cc1. The van der Waals surface area contributed by atoms with Crippen LogP contribution in [0.25, 0.3) is 0 Å². The number of rotatable bonds is 7. The molecule has 1 fully saturated rings. The molecule has 0 atom stereocenters. The van der Waals surface area contributed by atoms with Crippen LogP contribution in [0.15, 0.2) is 24.3 Å². The van der Waals surface area contributed by atoms with Gasteiger partial charge in [-0.3, -0.25) is 4.79 Å². The zero-order valence-electron chi connectivity index (χ0n) is 14.5. The highest BCUT2D eigenvalue weighted by Gasteiger charge is 2.16. The van der Waals surface area contributed by atoms with Crippen LogP contribution in [0.2, 0.25) is 0 Å². The molecular weight excluding hydrogens is 306 g/mol. The number of hydrogen-bond donors (Lipinski definition) is 1. The fraction of sp³-hybridized carbons (Fsp3) is 0.579. The molecule has 0 saturated heterocycles. The maximum absolute atomic E-state index is 12.2. The zero-order chi connectivity index (χ0) is 17.4. The van der Waals surface area contributed by atoms with Gasteiger partial charge >= 0.3 is 5.97 Å². The Balaban J connectivity index is 1.77. The van der Waals surface area contributed by atoms with Crippen LogP contribution in [0.3, 0.4) is 0 Å². The lowest BCUT2D eigenvalue weighted by Gasteiger charge is -2.22. The molecule has 0 radical (unpaired) electrons. The summed E-state index contributed by atoms with van der Waals surface area (Å²) < 4.78 is 10.4. The predicted molar refractivity (Wildman–Crippen MR) is 92.1 cm³/mol. The second-order valence-electron chi connectivity index (χ2n) is 6.70. The van der Waals surface area contributed by atoms with Crippen molar-refractivity contribution in [3.63, 3.8) is 0 Å². The summed E-state index contributed by atoms with van der Waals surface area (Å²) in [4.78, 5) is 23.7. The van der Waals surface area contributed by atoms with Crippen molar-refractivity contribution in [2.45, 2.75) is 52.0 Å². The first-order valence-corrected chi connectivity index (χ1v) is 8.74. The molecule has 1 aromatic carbocycles. The largest absolute Gasteiger partial charge is 0.482 e. The van der Waals surface area contributed by atoms with E-state index in [1.54, 1.807) is 24.3 Å². The van der Waals surface area contributed by atoms with Gasteiger partial charge in [-0.2, -0.15) is 0 Å². The molecule has 1 aliphatic carbocycles. The first-order chi connectivity index (χ1) is 11.5. The predicted octanol–water partition coefficient (Wildman–Crippen LogP) is 3.33. The van der Waals surface area contributed by atoms with E-state index >= 15 is 0 Å². The Bertz CT molecular complexity index is 533. The van der Waals surface area contributed by atoms with E-state index in [2.05, 4.69) is 5.32 Å². The molecular formula is C19H27NO4. The van der Waals surface area contributed by atoms with Gasteiger partial charge in [0.05, 0.1) is 6.61 Å². The quantitative estimate of drug-likeness (QED) is 0.777. The Labute approximate surface area is 143 Å². The number of ether oxygens (including phenoxy) is 2. The summed E-state index contributed by atoms with van der Waals surface area (Å²) in [5.74, 6) is 0.411. The van der Waals surface area contributed by atoms with Gasteiger partial charge < -0.3 is 14.8 Å². The summed E-state index contributed by atoms with van der Waals surface area (Å²) in [6.07, 6.45) is 5.75. The number of carbonyl (C=O) groups excluding carboxylic acids is 2. The van der Waals surface area contributed by atoms with Crippen molar-refractivity contribution in [2.24, 2.45) is 5.92 Å². The second-order valence-corrected chi connectivity index (χ2v) is 6.70. The Morgan fingerprint density at radius 3 is 2.42 bits per heavy atom. The first-order valence-electron chi connectivity index (χ1n) is 8.74. The van der Waals surface area contributed by atoms with Crippen molar-refractivity contribution in [1.82, 2.24) is 5.32 Å². The van der Waals surface area contributed by atoms with Crippen molar-refractivity contribution < 1.29 is 19.1 Å². The molecule has 5 nitrogen and oxygen atoms in total. The van der Waals surface area contributed by atoms with E-state index in [0.717, 1.165) is 12.8 Å². The summed E-state index contributed by atoms with van der Waals surface area (Å²) in [6.45, 7) is 4.22. The van der Waals surface area contributed by atoms with Crippen LogP contribution < -0.4 is 10.1 Å². The standard InChI is InChI=1S/C19H27NO4/c1-14(2)12-24-18(21)13-23-17-10-8-15(9-11-17)19(22)20-16-6-4-3-5-7-16/h8-11,14,16H,3-7,12-13H2,1-2H3,(H,20,22). The molecule has 24 heavy (non-hydrogen) atoms. The normalized spacial score (nSPS) is 15.1. The lowest BCUT2D eigenvalue weighted by atomic mass is 9.95. The number of esters is 1. The van der Waals surface area contributed by atoms with Crippen LogP contribution >= 0.6 is 0 Å². The van der Waals surface area contributed by atoms with Crippen molar-refractivity contribution in [1.29, 1.82) is 0 Å². The fourth-order valence-corrected chi connectivity index (χ4v) is 2.66. The van der Waals surface area contributed by atoms with E-state index in [4.69, 9.17) is 9.47 Å². The Morgan fingerprint density at radius 2 is 1.79 bits per heavy atom. The summed E-state index contributed by atoms with van der Waals surface area (Å²) in [6, 6.07) is 7.12. The topological polar surface area (TPSA) is 64.6 Å². The van der Waals surface area contributed by atoms with Crippen LogP contribution in [0, 0.1) is 5.92 Å².